The molecule has 0 N–H and O–H groups in total. The molecule has 0 saturated heterocycles. The molecule has 3 nitrogen and oxygen atoms in total. The van der Waals surface area contributed by atoms with Gasteiger partial charge in [-0.05, 0) is 53.9 Å². The first kappa shape index (κ1) is 16.1. The quantitative estimate of drug-likeness (QED) is 0.597. The SMILES string of the molecule is CC(C)c1ccc(N(C)c2ccc(Oc3ccccn3)cc2)cc1. The Balaban J connectivity index is 1.72. The van der Waals surface area contributed by atoms with Crippen LogP contribution in [-0.2, 0) is 0 Å². The van der Waals surface area contributed by atoms with Gasteiger partial charge in [-0.3, -0.25) is 0 Å². The normalized spacial score (nSPS) is 10.7. The van der Waals surface area contributed by atoms with E-state index in [1.165, 1.54) is 5.56 Å². The third-order valence-electron chi connectivity index (χ3n) is 4.03. The fraction of sp³-hybridized carbons (Fsp3) is 0.190. The van der Waals surface area contributed by atoms with Crippen molar-refractivity contribution in [2.75, 3.05) is 11.9 Å². The number of ether oxygens (including phenoxy) is 1. The number of pyridine rings is 1. The summed E-state index contributed by atoms with van der Waals surface area (Å²) in [5, 5.41) is 0. The van der Waals surface area contributed by atoms with Crippen LogP contribution in [0.15, 0.2) is 72.9 Å². The Hall–Kier alpha value is -2.81. The topological polar surface area (TPSA) is 25.4 Å². The molecule has 0 saturated carbocycles. The van der Waals surface area contributed by atoms with E-state index >= 15 is 0 Å². The summed E-state index contributed by atoms with van der Waals surface area (Å²) in [4.78, 5) is 6.33. The first-order chi connectivity index (χ1) is 11.6. The second-order valence-electron chi connectivity index (χ2n) is 6.07. The van der Waals surface area contributed by atoms with Crippen molar-refractivity contribution in [3.8, 4) is 11.6 Å². The van der Waals surface area contributed by atoms with Crippen molar-refractivity contribution in [2.45, 2.75) is 19.8 Å². The van der Waals surface area contributed by atoms with Gasteiger partial charge in [0.05, 0.1) is 0 Å². The van der Waals surface area contributed by atoms with Crippen LogP contribution in [0.5, 0.6) is 11.6 Å². The minimum absolute atomic E-state index is 0.549. The van der Waals surface area contributed by atoms with E-state index in [-0.39, 0.29) is 0 Å². The maximum absolute atomic E-state index is 5.73. The molecule has 0 atom stereocenters. The molecule has 0 unspecified atom stereocenters. The number of rotatable bonds is 5. The molecule has 3 aromatic rings. The first-order valence-corrected chi connectivity index (χ1v) is 8.16. The van der Waals surface area contributed by atoms with Gasteiger partial charge in [0.25, 0.3) is 0 Å². The molecule has 0 amide bonds. The van der Waals surface area contributed by atoms with Crippen LogP contribution in [0.2, 0.25) is 0 Å². The number of anilines is 2. The van der Waals surface area contributed by atoms with Crippen LogP contribution in [-0.4, -0.2) is 12.0 Å². The van der Waals surface area contributed by atoms with E-state index in [9.17, 15) is 0 Å². The van der Waals surface area contributed by atoms with Gasteiger partial charge in [-0.2, -0.15) is 0 Å². The van der Waals surface area contributed by atoms with E-state index in [1.54, 1.807) is 6.20 Å². The third-order valence-corrected chi connectivity index (χ3v) is 4.03. The minimum atomic E-state index is 0.549. The highest BCUT2D eigenvalue weighted by Crippen LogP contribution is 2.28. The molecule has 0 aliphatic carbocycles. The van der Waals surface area contributed by atoms with Crippen LogP contribution < -0.4 is 9.64 Å². The van der Waals surface area contributed by atoms with Crippen molar-refractivity contribution in [2.24, 2.45) is 0 Å². The van der Waals surface area contributed by atoms with Gasteiger partial charge in [0.2, 0.25) is 5.88 Å². The third kappa shape index (κ3) is 3.74. The number of hydrogen-bond donors (Lipinski definition) is 0. The van der Waals surface area contributed by atoms with E-state index in [4.69, 9.17) is 4.74 Å². The Morgan fingerprint density at radius 3 is 2.00 bits per heavy atom. The number of aromatic nitrogens is 1. The summed E-state index contributed by atoms with van der Waals surface area (Å²) >= 11 is 0. The summed E-state index contributed by atoms with van der Waals surface area (Å²) < 4.78 is 5.73. The average Bonchev–Trinajstić information content (AvgIpc) is 2.63. The molecule has 0 spiro atoms. The lowest BCUT2D eigenvalue weighted by Crippen LogP contribution is -2.09. The second-order valence-corrected chi connectivity index (χ2v) is 6.07. The second kappa shape index (κ2) is 7.18. The Morgan fingerprint density at radius 2 is 1.46 bits per heavy atom. The van der Waals surface area contributed by atoms with Crippen LogP contribution in [0.25, 0.3) is 0 Å². The molecular formula is C21H22N2O. The number of nitrogens with zero attached hydrogens (tertiary/aromatic N) is 2. The summed E-state index contributed by atoms with van der Waals surface area (Å²) in [5.41, 5.74) is 3.63. The van der Waals surface area contributed by atoms with Gasteiger partial charge in [0.1, 0.15) is 5.75 Å². The van der Waals surface area contributed by atoms with E-state index in [0.717, 1.165) is 17.1 Å². The monoisotopic (exact) mass is 318 g/mol. The molecule has 0 aliphatic heterocycles. The van der Waals surface area contributed by atoms with Crippen molar-refractivity contribution >= 4 is 11.4 Å². The van der Waals surface area contributed by atoms with Crippen molar-refractivity contribution in [1.82, 2.24) is 4.98 Å². The molecule has 2 aromatic carbocycles. The van der Waals surface area contributed by atoms with Crippen LogP contribution in [0.3, 0.4) is 0 Å². The number of benzene rings is 2. The van der Waals surface area contributed by atoms with Crippen LogP contribution in [0.4, 0.5) is 11.4 Å². The zero-order valence-electron chi connectivity index (χ0n) is 14.3. The highest BCUT2D eigenvalue weighted by atomic mass is 16.5. The summed E-state index contributed by atoms with van der Waals surface area (Å²) in [6, 6.07) is 22.3. The van der Waals surface area contributed by atoms with Gasteiger partial charge in [0, 0.05) is 30.7 Å². The molecule has 1 heterocycles. The zero-order chi connectivity index (χ0) is 16.9. The lowest BCUT2D eigenvalue weighted by atomic mass is 10.0. The summed E-state index contributed by atoms with van der Waals surface area (Å²) in [7, 11) is 2.07. The standard InChI is InChI=1S/C21H22N2O/c1-16(2)17-7-9-18(10-8-17)23(3)19-11-13-20(14-12-19)24-21-6-4-5-15-22-21/h4-16H,1-3H3. The largest absolute Gasteiger partial charge is 0.439 e. The molecule has 24 heavy (non-hydrogen) atoms. The molecule has 122 valence electrons. The maximum atomic E-state index is 5.73. The zero-order valence-corrected chi connectivity index (χ0v) is 14.3. The van der Waals surface area contributed by atoms with Gasteiger partial charge >= 0.3 is 0 Å². The smallest absolute Gasteiger partial charge is 0.219 e. The van der Waals surface area contributed by atoms with Crippen LogP contribution in [0.1, 0.15) is 25.3 Å². The van der Waals surface area contributed by atoms with Gasteiger partial charge in [-0.25, -0.2) is 4.98 Å². The van der Waals surface area contributed by atoms with E-state index < -0.39 is 0 Å². The highest BCUT2D eigenvalue weighted by Gasteiger charge is 2.06. The average molecular weight is 318 g/mol. The minimum Gasteiger partial charge on any atom is -0.439 e. The van der Waals surface area contributed by atoms with Crippen molar-refractivity contribution in [3.63, 3.8) is 0 Å². The van der Waals surface area contributed by atoms with Gasteiger partial charge in [-0.15, -0.1) is 0 Å². The van der Waals surface area contributed by atoms with E-state index in [2.05, 4.69) is 67.2 Å². The molecular weight excluding hydrogens is 296 g/mol. The summed E-state index contributed by atoms with van der Waals surface area (Å²) in [6.45, 7) is 4.41. The number of hydrogen-bond acceptors (Lipinski definition) is 3. The summed E-state index contributed by atoms with van der Waals surface area (Å²) in [6.07, 6.45) is 1.72. The highest BCUT2D eigenvalue weighted by molar-refractivity contribution is 5.63. The Kier molecular flexibility index (Phi) is 4.80. The van der Waals surface area contributed by atoms with Crippen molar-refractivity contribution < 1.29 is 4.74 Å². The fourth-order valence-electron chi connectivity index (χ4n) is 2.50. The van der Waals surface area contributed by atoms with Gasteiger partial charge < -0.3 is 9.64 Å². The van der Waals surface area contributed by atoms with Crippen molar-refractivity contribution in [3.05, 3.63) is 78.5 Å². The summed E-state index contributed by atoms with van der Waals surface area (Å²) in [5.74, 6) is 1.93. The van der Waals surface area contributed by atoms with Crippen LogP contribution in [0, 0.1) is 0 Å². The molecule has 3 heteroatoms. The Morgan fingerprint density at radius 1 is 0.833 bits per heavy atom. The Bertz CT molecular complexity index is 765. The maximum Gasteiger partial charge on any atom is 0.219 e. The van der Waals surface area contributed by atoms with Crippen molar-refractivity contribution in [1.29, 1.82) is 0 Å². The molecule has 0 aliphatic rings. The van der Waals surface area contributed by atoms with Gasteiger partial charge in [-0.1, -0.05) is 32.0 Å². The molecule has 0 fully saturated rings. The molecule has 0 radical (unpaired) electrons. The molecule has 0 bridgehead atoms. The molecule has 1 aromatic heterocycles. The Labute approximate surface area is 143 Å². The van der Waals surface area contributed by atoms with E-state index in [1.807, 2.05) is 30.3 Å². The lowest BCUT2D eigenvalue weighted by Gasteiger charge is -2.20. The predicted molar refractivity (Wildman–Crippen MR) is 99.3 cm³/mol. The lowest BCUT2D eigenvalue weighted by molar-refractivity contribution is 0.463. The van der Waals surface area contributed by atoms with E-state index in [0.29, 0.717) is 11.8 Å². The fourth-order valence-corrected chi connectivity index (χ4v) is 2.50. The van der Waals surface area contributed by atoms with Crippen LogP contribution >= 0.6 is 0 Å². The first-order valence-electron chi connectivity index (χ1n) is 8.16. The van der Waals surface area contributed by atoms with Gasteiger partial charge in [0.15, 0.2) is 0 Å². The predicted octanol–water partition coefficient (Wildman–Crippen LogP) is 5.77. The molecule has 3 rings (SSSR count).